The summed E-state index contributed by atoms with van der Waals surface area (Å²) in [6, 6.07) is 13.4. The van der Waals surface area contributed by atoms with Gasteiger partial charge >= 0.3 is 0 Å². The zero-order valence-corrected chi connectivity index (χ0v) is 10.5. The number of fused-ring (bicyclic) bond motifs is 1. The van der Waals surface area contributed by atoms with Crippen LogP contribution in [0.5, 0.6) is 5.75 Å². The fourth-order valence-corrected chi connectivity index (χ4v) is 2.20. The van der Waals surface area contributed by atoms with E-state index in [9.17, 15) is 9.90 Å². The molecule has 0 fully saturated rings. The summed E-state index contributed by atoms with van der Waals surface area (Å²) in [5.74, 6) is 0.200. The lowest BCUT2D eigenvalue weighted by Crippen LogP contribution is -2.03. The molecule has 3 nitrogen and oxygen atoms in total. The van der Waals surface area contributed by atoms with E-state index in [1.807, 2.05) is 0 Å². The third-order valence-corrected chi connectivity index (χ3v) is 3.23. The van der Waals surface area contributed by atoms with E-state index in [2.05, 4.69) is 0 Å². The molecule has 1 aromatic heterocycles. The molecule has 3 rings (SSSR count). The highest BCUT2D eigenvalue weighted by Crippen LogP contribution is 2.34. The van der Waals surface area contributed by atoms with E-state index >= 15 is 0 Å². The van der Waals surface area contributed by atoms with Crippen LogP contribution in [-0.2, 0) is 0 Å². The summed E-state index contributed by atoms with van der Waals surface area (Å²) < 4.78 is 5.65. The Bertz CT molecular complexity index is 821. The zero-order chi connectivity index (χ0) is 13.4. The molecular weight excluding hydrogens is 264 g/mol. The molecule has 0 radical (unpaired) electrons. The Morgan fingerprint density at radius 3 is 2.47 bits per heavy atom. The van der Waals surface area contributed by atoms with Crippen molar-refractivity contribution in [2.45, 2.75) is 0 Å². The molecule has 0 aliphatic carbocycles. The van der Waals surface area contributed by atoms with Gasteiger partial charge in [0.15, 0.2) is 5.76 Å². The highest BCUT2D eigenvalue weighted by Gasteiger charge is 2.16. The lowest BCUT2D eigenvalue weighted by Gasteiger charge is -2.07. The maximum Gasteiger partial charge on any atom is 0.211 e. The van der Waals surface area contributed by atoms with Crippen LogP contribution in [0.2, 0.25) is 5.02 Å². The lowest BCUT2D eigenvalue weighted by atomic mass is 10.1. The van der Waals surface area contributed by atoms with Gasteiger partial charge in [-0.05, 0) is 24.3 Å². The highest BCUT2D eigenvalue weighted by molar-refractivity contribution is 6.33. The first-order valence-corrected chi connectivity index (χ1v) is 6.06. The smallest absolute Gasteiger partial charge is 0.211 e. The second kappa shape index (κ2) is 4.44. The normalized spacial score (nSPS) is 10.8. The summed E-state index contributed by atoms with van der Waals surface area (Å²) in [5.41, 5.74) is 0.535. The van der Waals surface area contributed by atoms with Crippen LogP contribution in [0.25, 0.3) is 22.3 Å². The molecule has 0 saturated heterocycles. The number of aromatic hydroxyl groups is 1. The monoisotopic (exact) mass is 272 g/mol. The molecule has 94 valence electrons. The van der Waals surface area contributed by atoms with E-state index < -0.39 is 0 Å². The van der Waals surface area contributed by atoms with Crippen molar-refractivity contribution in [3.63, 3.8) is 0 Å². The van der Waals surface area contributed by atoms with Crippen molar-refractivity contribution in [3.05, 3.63) is 63.8 Å². The van der Waals surface area contributed by atoms with Gasteiger partial charge in [-0.1, -0.05) is 35.9 Å². The fraction of sp³-hybridized carbons (Fsp3) is 0. The molecule has 1 heterocycles. The van der Waals surface area contributed by atoms with Crippen LogP contribution in [0, 0.1) is 0 Å². The average molecular weight is 273 g/mol. The van der Waals surface area contributed by atoms with Gasteiger partial charge in [-0.25, -0.2) is 0 Å². The first-order valence-electron chi connectivity index (χ1n) is 5.68. The van der Waals surface area contributed by atoms with Crippen molar-refractivity contribution in [2.24, 2.45) is 0 Å². The largest absolute Gasteiger partial charge is 0.507 e. The SMILES string of the molecule is O=c1c(Cl)c(-c2ccccc2O)oc2ccccc12. The topological polar surface area (TPSA) is 50.4 Å². The van der Waals surface area contributed by atoms with Gasteiger partial charge in [0.1, 0.15) is 16.4 Å². The average Bonchev–Trinajstić information content (AvgIpc) is 2.44. The predicted molar refractivity (Wildman–Crippen MR) is 74.6 cm³/mol. The third-order valence-electron chi connectivity index (χ3n) is 2.89. The van der Waals surface area contributed by atoms with Crippen LogP contribution >= 0.6 is 11.6 Å². The molecule has 0 spiro atoms. The zero-order valence-electron chi connectivity index (χ0n) is 9.76. The Hall–Kier alpha value is -2.26. The van der Waals surface area contributed by atoms with E-state index in [-0.39, 0.29) is 22.0 Å². The highest BCUT2D eigenvalue weighted by atomic mass is 35.5. The van der Waals surface area contributed by atoms with Crippen molar-refractivity contribution >= 4 is 22.6 Å². The number of para-hydroxylation sites is 2. The number of rotatable bonds is 1. The molecule has 3 aromatic rings. The van der Waals surface area contributed by atoms with E-state index in [0.29, 0.717) is 16.5 Å². The molecule has 0 bridgehead atoms. The Labute approximate surface area is 113 Å². The number of hydrogen-bond acceptors (Lipinski definition) is 3. The maximum absolute atomic E-state index is 12.2. The standard InChI is InChI=1S/C15H9ClO3/c16-13-14(18)10-6-2-4-8-12(10)19-15(13)9-5-1-3-7-11(9)17/h1-8,17H. The summed E-state index contributed by atoms with van der Waals surface area (Å²) in [7, 11) is 0. The van der Waals surface area contributed by atoms with Gasteiger partial charge in [-0.3, -0.25) is 4.79 Å². The summed E-state index contributed by atoms with van der Waals surface area (Å²) in [5, 5.41) is 10.2. The molecule has 4 heteroatoms. The lowest BCUT2D eigenvalue weighted by molar-refractivity contribution is 0.474. The molecule has 2 aromatic carbocycles. The summed E-state index contributed by atoms with van der Waals surface area (Å²) >= 11 is 6.06. The fourth-order valence-electron chi connectivity index (χ4n) is 1.96. The van der Waals surface area contributed by atoms with Gasteiger partial charge in [0.2, 0.25) is 5.43 Å². The maximum atomic E-state index is 12.2. The Kier molecular flexibility index (Phi) is 2.76. The van der Waals surface area contributed by atoms with E-state index in [1.165, 1.54) is 6.07 Å². The molecular formula is C15H9ClO3. The second-order valence-electron chi connectivity index (χ2n) is 4.09. The molecule has 0 aliphatic heterocycles. The van der Waals surface area contributed by atoms with Gasteiger partial charge in [0, 0.05) is 0 Å². The predicted octanol–water partition coefficient (Wildman–Crippen LogP) is 3.82. The molecule has 0 aliphatic rings. The van der Waals surface area contributed by atoms with Crippen LogP contribution in [0.15, 0.2) is 57.7 Å². The van der Waals surface area contributed by atoms with E-state index in [0.717, 1.165) is 0 Å². The first-order chi connectivity index (χ1) is 9.18. The summed E-state index contributed by atoms with van der Waals surface area (Å²) in [6.45, 7) is 0. The second-order valence-corrected chi connectivity index (χ2v) is 4.47. The molecule has 0 unspecified atom stereocenters. The minimum atomic E-state index is -0.304. The Balaban J connectivity index is 2.40. The van der Waals surface area contributed by atoms with Crippen molar-refractivity contribution in [1.82, 2.24) is 0 Å². The van der Waals surface area contributed by atoms with E-state index in [1.54, 1.807) is 42.5 Å². The third kappa shape index (κ3) is 1.88. The van der Waals surface area contributed by atoms with Gasteiger partial charge in [0.25, 0.3) is 0 Å². The van der Waals surface area contributed by atoms with Gasteiger partial charge < -0.3 is 9.52 Å². The van der Waals surface area contributed by atoms with Crippen LogP contribution in [0.1, 0.15) is 0 Å². The van der Waals surface area contributed by atoms with Crippen molar-refractivity contribution in [2.75, 3.05) is 0 Å². The van der Waals surface area contributed by atoms with Crippen molar-refractivity contribution in [1.29, 1.82) is 0 Å². The number of phenols is 1. The molecule has 19 heavy (non-hydrogen) atoms. The van der Waals surface area contributed by atoms with E-state index in [4.69, 9.17) is 16.0 Å². The van der Waals surface area contributed by atoms with Crippen LogP contribution in [0.3, 0.4) is 0 Å². The molecule has 0 amide bonds. The minimum absolute atomic E-state index is 0.0165. The van der Waals surface area contributed by atoms with Crippen molar-refractivity contribution < 1.29 is 9.52 Å². The first kappa shape index (κ1) is 11.8. The van der Waals surface area contributed by atoms with Crippen LogP contribution in [-0.4, -0.2) is 5.11 Å². The van der Waals surface area contributed by atoms with Crippen LogP contribution in [0.4, 0.5) is 0 Å². The van der Waals surface area contributed by atoms with Gasteiger partial charge in [-0.15, -0.1) is 0 Å². The summed E-state index contributed by atoms with van der Waals surface area (Å²) in [6.07, 6.45) is 0. The Morgan fingerprint density at radius 2 is 1.68 bits per heavy atom. The van der Waals surface area contributed by atoms with Gasteiger partial charge in [-0.2, -0.15) is 0 Å². The van der Waals surface area contributed by atoms with Gasteiger partial charge in [0.05, 0.1) is 10.9 Å². The molecule has 1 N–H and O–H groups in total. The number of hydrogen-bond donors (Lipinski definition) is 1. The quantitative estimate of drug-likeness (QED) is 0.733. The number of benzene rings is 2. The molecule has 0 atom stereocenters. The number of halogens is 1. The Morgan fingerprint density at radius 1 is 1.00 bits per heavy atom. The van der Waals surface area contributed by atoms with Crippen molar-refractivity contribution in [3.8, 4) is 17.1 Å². The number of phenolic OH excluding ortho intramolecular Hbond substituents is 1. The summed E-state index contributed by atoms with van der Waals surface area (Å²) in [4.78, 5) is 12.2. The minimum Gasteiger partial charge on any atom is -0.507 e. The molecule has 0 saturated carbocycles. The van der Waals surface area contributed by atoms with Crippen LogP contribution < -0.4 is 5.43 Å².